The molecule has 29 heavy (non-hydrogen) atoms. The normalized spacial score (nSPS) is 28.1. The zero-order valence-corrected chi connectivity index (χ0v) is 17.4. The van der Waals surface area contributed by atoms with E-state index in [9.17, 15) is 0 Å². The van der Waals surface area contributed by atoms with Crippen LogP contribution in [0.5, 0.6) is 23.0 Å². The molecule has 3 aliphatic rings. The Morgan fingerprint density at radius 2 is 1.76 bits per heavy atom. The van der Waals surface area contributed by atoms with Crippen LogP contribution in [0.25, 0.3) is 0 Å². The van der Waals surface area contributed by atoms with E-state index in [4.69, 9.17) is 18.9 Å². The molecule has 0 N–H and O–H groups in total. The largest absolute Gasteiger partial charge is 0.494 e. The highest BCUT2D eigenvalue weighted by Gasteiger charge is 2.50. The topological polar surface area (TPSA) is 40.2 Å². The van der Waals surface area contributed by atoms with Crippen molar-refractivity contribution in [2.45, 2.75) is 45.3 Å². The second-order valence-electron chi connectivity index (χ2n) is 8.33. The average Bonchev–Trinajstić information content (AvgIpc) is 3.41. The second-order valence-corrected chi connectivity index (χ2v) is 8.33. The van der Waals surface area contributed by atoms with Crippen molar-refractivity contribution >= 4 is 0 Å². The number of ether oxygens (including phenoxy) is 4. The highest BCUT2D eigenvalue weighted by Crippen LogP contribution is 2.54. The predicted molar refractivity (Wildman–Crippen MR) is 111 cm³/mol. The number of rotatable bonds is 4. The van der Waals surface area contributed by atoms with Gasteiger partial charge in [-0.2, -0.15) is 0 Å². The van der Waals surface area contributed by atoms with Crippen molar-refractivity contribution < 1.29 is 18.9 Å². The van der Waals surface area contributed by atoms with Crippen LogP contribution in [0.2, 0.25) is 0 Å². The number of hydrogen-bond donors (Lipinski definition) is 0. The van der Waals surface area contributed by atoms with Crippen LogP contribution in [0.1, 0.15) is 50.7 Å². The van der Waals surface area contributed by atoms with Crippen molar-refractivity contribution in [1.82, 2.24) is 4.90 Å². The lowest BCUT2D eigenvalue weighted by molar-refractivity contribution is -0.114. The lowest BCUT2D eigenvalue weighted by Gasteiger charge is -2.50. The lowest BCUT2D eigenvalue weighted by Crippen LogP contribution is -2.57. The summed E-state index contributed by atoms with van der Waals surface area (Å²) in [5.41, 5.74) is 1.96. The van der Waals surface area contributed by atoms with Gasteiger partial charge in [0, 0.05) is 42.1 Å². The summed E-state index contributed by atoms with van der Waals surface area (Å²) in [6.45, 7) is 9.63. The van der Waals surface area contributed by atoms with Crippen molar-refractivity contribution in [3.05, 3.63) is 47.5 Å². The Bertz CT molecular complexity index is 908. The molecule has 5 heteroatoms. The molecule has 5 rings (SSSR count). The summed E-state index contributed by atoms with van der Waals surface area (Å²) in [5, 5.41) is 0. The van der Waals surface area contributed by atoms with Gasteiger partial charge in [0.2, 0.25) is 6.79 Å². The fourth-order valence-electron chi connectivity index (χ4n) is 5.14. The first-order chi connectivity index (χ1) is 14.1. The number of fused-ring (bicyclic) bond motifs is 2. The van der Waals surface area contributed by atoms with Gasteiger partial charge in [-0.25, -0.2) is 0 Å². The monoisotopic (exact) mass is 395 g/mol. The molecular formula is C24H29NO4. The van der Waals surface area contributed by atoms with Gasteiger partial charge in [0.15, 0.2) is 17.2 Å². The summed E-state index contributed by atoms with van der Waals surface area (Å²) in [6.07, 6.45) is 2.44. The first-order valence-electron chi connectivity index (χ1n) is 10.7. The molecule has 0 spiro atoms. The fourth-order valence-corrected chi connectivity index (χ4v) is 5.14. The number of hydrogen-bond acceptors (Lipinski definition) is 5. The maximum atomic E-state index is 6.74. The van der Waals surface area contributed by atoms with Crippen LogP contribution >= 0.6 is 0 Å². The highest BCUT2D eigenvalue weighted by atomic mass is 16.7. The minimum atomic E-state index is -0.388. The average molecular weight is 395 g/mol. The molecule has 3 atom stereocenters. The smallest absolute Gasteiger partial charge is 0.231 e. The number of nitrogens with zero attached hydrogens (tertiary/aromatic N) is 1. The molecular weight excluding hydrogens is 366 g/mol. The van der Waals surface area contributed by atoms with E-state index in [1.165, 1.54) is 18.4 Å². The molecule has 3 heterocycles. The molecule has 2 aromatic carbocycles. The maximum Gasteiger partial charge on any atom is 0.231 e. The van der Waals surface area contributed by atoms with Crippen molar-refractivity contribution in [2.24, 2.45) is 5.92 Å². The van der Waals surface area contributed by atoms with Gasteiger partial charge < -0.3 is 18.9 Å². The Morgan fingerprint density at radius 1 is 1.03 bits per heavy atom. The maximum absolute atomic E-state index is 6.74. The van der Waals surface area contributed by atoms with Crippen LogP contribution in [0, 0.1) is 5.92 Å². The molecule has 1 fully saturated rings. The van der Waals surface area contributed by atoms with Crippen molar-refractivity contribution in [3.63, 3.8) is 0 Å². The third kappa shape index (κ3) is 2.94. The Hall–Kier alpha value is -2.40. The number of para-hydroxylation sites is 1. The minimum Gasteiger partial charge on any atom is -0.494 e. The second kappa shape index (κ2) is 7.13. The van der Waals surface area contributed by atoms with E-state index in [1.54, 1.807) is 0 Å². The van der Waals surface area contributed by atoms with Gasteiger partial charge in [-0.05, 0) is 38.8 Å². The van der Waals surface area contributed by atoms with Crippen molar-refractivity contribution in [2.75, 3.05) is 26.5 Å². The summed E-state index contributed by atoms with van der Waals surface area (Å²) < 4.78 is 24.1. The Labute approximate surface area is 172 Å². The van der Waals surface area contributed by atoms with Gasteiger partial charge >= 0.3 is 0 Å². The van der Waals surface area contributed by atoms with Crippen LogP contribution in [-0.4, -0.2) is 37.1 Å². The minimum absolute atomic E-state index is 0.140. The Morgan fingerprint density at radius 3 is 2.52 bits per heavy atom. The summed E-state index contributed by atoms with van der Waals surface area (Å²) in [4.78, 5) is 2.50. The van der Waals surface area contributed by atoms with Gasteiger partial charge in [0.05, 0.1) is 6.61 Å². The first kappa shape index (κ1) is 18.6. The SMILES string of the molecule is CCOc1ccccc1[C@@H]1c2cc3c(cc2O[C@](C)(N2CCCC2)[C@H]1C)OCO3. The van der Waals surface area contributed by atoms with Crippen LogP contribution < -0.4 is 18.9 Å². The molecule has 0 unspecified atom stereocenters. The fraction of sp³-hybridized carbons (Fsp3) is 0.500. The van der Waals surface area contributed by atoms with E-state index < -0.39 is 0 Å². The van der Waals surface area contributed by atoms with E-state index in [1.807, 2.05) is 19.1 Å². The van der Waals surface area contributed by atoms with E-state index >= 15 is 0 Å². The van der Waals surface area contributed by atoms with E-state index in [2.05, 4.69) is 43.0 Å². The molecule has 2 aromatic rings. The van der Waals surface area contributed by atoms with Crippen molar-refractivity contribution in [1.29, 1.82) is 0 Å². The standard InChI is InChI=1S/C24H29NO4/c1-4-26-19-10-6-5-9-17(19)23-16(2)24(3,25-11-7-8-12-25)29-20-14-22-21(13-18(20)23)27-15-28-22/h5-6,9-10,13-14,16,23H,4,7-8,11-12,15H2,1-3H3/t16-,23+,24-/m0/s1. The predicted octanol–water partition coefficient (Wildman–Crippen LogP) is 4.79. The first-order valence-corrected chi connectivity index (χ1v) is 10.7. The molecule has 5 nitrogen and oxygen atoms in total. The van der Waals surface area contributed by atoms with Gasteiger partial charge in [-0.3, -0.25) is 4.90 Å². The third-order valence-electron chi connectivity index (χ3n) is 6.79. The Kier molecular flexibility index (Phi) is 4.58. The molecule has 0 aromatic heterocycles. The summed E-state index contributed by atoms with van der Waals surface area (Å²) in [7, 11) is 0. The van der Waals surface area contributed by atoms with Crippen LogP contribution in [0.4, 0.5) is 0 Å². The molecule has 0 aliphatic carbocycles. The molecule has 0 bridgehead atoms. The van der Waals surface area contributed by atoms with Crippen LogP contribution in [0.15, 0.2) is 36.4 Å². The van der Waals surface area contributed by atoms with Gasteiger partial charge in [0.25, 0.3) is 0 Å². The van der Waals surface area contributed by atoms with E-state index in [0.29, 0.717) is 6.61 Å². The quantitative estimate of drug-likeness (QED) is 0.745. The van der Waals surface area contributed by atoms with E-state index in [0.717, 1.165) is 41.7 Å². The van der Waals surface area contributed by atoms with Gasteiger partial charge in [0.1, 0.15) is 11.5 Å². The molecule has 0 saturated carbocycles. The molecule has 0 amide bonds. The van der Waals surface area contributed by atoms with Crippen LogP contribution in [0.3, 0.4) is 0 Å². The molecule has 1 saturated heterocycles. The summed E-state index contributed by atoms with van der Waals surface area (Å²) in [6, 6.07) is 12.5. The van der Waals surface area contributed by atoms with Crippen LogP contribution in [-0.2, 0) is 0 Å². The summed E-state index contributed by atoms with van der Waals surface area (Å²) in [5.74, 6) is 3.76. The van der Waals surface area contributed by atoms with Gasteiger partial charge in [-0.15, -0.1) is 0 Å². The van der Waals surface area contributed by atoms with Crippen molar-refractivity contribution in [3.8, 4) is 23.0 Å². The highest BCUT2D eigenvalue weighted by molar-refractivity contribution is 5.58. The number of benzene rings is 2. The Balaban J connectivity index is 1.68. The lowest BCUT2D eigenvalue weighted by atomic mass is 9.73. The zero-order valence-electron chi connectivity index (χ0n) is 17.4. The molecule has 0 radical (unpaired) electrons. The molecule has 3 aliphatic heterocycles. The zero-order chi connectivity index (χ0) is 20.0. The number of likely N-dealkylation sites (tertiary alicyclic amines) is 1. The van der Waals surface area contributed by atoms with E-state index in [-0.39, 0.29) is 24.4 Å². The van der Waals surface area contributed by atoms with Gasteiger partial charge in [-0.1, -0.05) is 25.1 Å². The third-order valence-corrected chi connectivity index (χ3v) is 6.79. The molecule has 154 valence electrons. The summed E-state index contributed by atoms with van der Waals surface area (Å²) >= 11 is 0.